The van der Waals surface area contributed by atoms with Crippen LogP contribution in [0.5, 0.6) is 5.75 Å². The molecule has 0 N–H and O–H groups in total. The van der Waals surface area contributed by atoms with Crippen LogP contribution in [0.1, 0.15) is 57.4 Å². The van der Waals surface area contributed by atoms with Crippen LogP contribution in [0, 0.1) is 0 Å². The van der Waals surface area contributed by atoms with Gasteiger partial charge in [0.15, 0.2) is 0 Å². The molecule has 0 saturated heterocycles. The Morgan fingerprint density at radius 3 is 1.88 bits per heavy atom. The van der Waals surface area contributed by atoms with Crippen molar-refractivity contribution in [1.29, 1.82) is 0 Å². The second-order valence-electron chi connectivity index (χ2n) is 5.88. The summed E-state index contributed by atoms with van der Waals surface area (Å²) in [6.45, 7) is 2.69. The number of hydrogen-bond acceptors (Lipinski definition) is 2. The molecule has 2 heteroatoms. The van der Waals surface area contributed by atoms with Crippen molar-refractivity contribution in [2.45, 2.75) is 58.3 Å². The van der Waals surface area contributed by atoms with E-state index in [9.17, 15) is 4.79 Å². The molecular weight excluding hydrogens is 296 g/mol. The van der Waals surface area contributed by atoms with Crippen molar-refractivity contribution >= 4 is 6.47 Å². The molecule has 0 heterocycles. The maximum atomic E-state index is 9.75. The Morgan fingerprint density at radius 1 is 0.750 bits per heavy atom. The Balaban J connectivity index is 0.000000272. The first-order valence-electron chi connectivity index (χ1n) is 9.06. The van der Waals surface area contributed by atoms with Gasteiger partial charge in [0.1, 0.15) is 5.75 Å². The van der Waals surface area contributed by atoms with Gasteiger partial charge in [-0.1, -0.05) is 94.0 Å². The summed E-state index contributed by atoms with van der Waals surface area (Å²) in [7, 11) is 0. The molecule has 0 unspecified atom stereocenters. The molecule has 130 valence electrons. The molecule has 2 nitrogen and oxygen atoms in total. The standard InChI is InChI=1S/C15H24.C7H6O2/c1-2-3-4-5-6-7-9-12-15-13-10-8-11-14-15;8-6-9-7-4-2-1-3-5-7/h8,10-11,13-14H,2-7,9,12H2,1H3;1-6H. The second kappa shape index (κ2) is 14.5. The van der Waals surface area contributed by atoms with Crippen LogP contribution in [0.25, 0.3) is 0 Å². The Kier molecular flexibility index (Phi) is 12.1. The Labute approximate surface area is 146 Å². The number of unbranched alkanes of at least 4 members (excludes halogenated alkanes) is 6. The van der Waals surface area contributed by atoms with Crippen LogP contribution in [-0.2, 0) is 11.2 Å². The van der Waals surface area contributed by atoms with Crippen LogP contribution in [0.3, 0.4) is 0 Å². The minimum absolute atomic E-state index is 0.412. The number of carbonyl (C=O) groups excluding carboxylic acids is 1. The number of hydrogen-bond donors (Lipinski definition) is 0. The molecule has 0 aliphatic carbocycles. The number of carbonyl (C=O) groups is 1. The van der Waals surface area contributed by atoms with Crippen molar-refractivity contribution in [3.63, 3.8) is 0 Å². The predicted octanol–water partition coefficient (Wildman–Crippen LogP) is 6.20. The summed E-state index contributed by atoms with van der Waals surface area (Å²) in [5.41, 5.74) is 1.49. The molecule has 2 aromatic carbocycles. The summed E-state index contributed by atoms with van der Waals surface area (Å²) < 4.78 is 4.53. The number of aryl methyl sites for hydroxylation is 1. The van der Waals surface area contributed by atoms with Crippen LogP contribution in [0.15, 0.2) is 60.7 Å². The van der Waals surface area contributed by atoms with E-state index >= 15 is 0 Å². The van der Waals surface area contributed by atoms with Gasteiger partial charge in [-0.3, -0.25) is 4.79 Å². The third-order valence-corrected chi connectivity index (χ3v) is 3.84. The molecule has 0 atom stereocenters. The summed E-state index contributed by atoms with van der Waals surface area (Å²) in [4.78, 5) is 9.75. The molecular formula is C22H30O2. The minimum Gasteiger partial charge on any atom is -0.429 e. The van der Waals surface area contributed by atoms with Gasteiger partial charge in [-0.05, 0) is 30.5 Å². The molecule has 0 amide bonds. The van der Waals surface area contributed by atoms with E-state index in [0.717, 1.165) is 0 Å². The number of rotatable bonds is 10. The van der Waals surface area contributed by atoms with Crippen molar-refractivity contribution in [2.75, 3.05) is 0 Å². The highest BCUT2D eigenvalue weighted by molar-refractivity contribution is 5.44. The number of benzene rings is 2. The van der Waals surface area contributed by atoms with Crippen molar-refractivity contribution in [2.24, 2.45) is 0 Å². The zero-order valence-electron chi connectivity index (χ0n) is 14.8. The van der Waals surface area contributed by atoms with Crippen molar-refractivity contribution in [3.8, 4) is 5.75 Å². The van der Waals surface area contributed by atoms with Crippen LogP contribution in [0.2, 0.25) is 0 Å². The largest absolute Gasteiger partial charge is 0.429 e. The summed E-state index contributed by atoms with van der Waals surface area (Å²) in [6, 6.07) is 19.7. The van der Waals surface area contributed by atoms with E-state index < -0.39 is 0 Å². The van der Waals surface area contributed by atoms with E-state index in [2.05, 4.69) is 42.0 Å². The van der Waals surface area contributed by atoms with Gasteiger partial charge in [-0.15, -0.1) is 0 Å². The molecule has 0 saturated carbocycles. The zero-order valence-corrected chi connectivity index (χ0v) is 14.8. The van der Waals surface area contributed by atoms with E-state index in [1.54, 1.807) is 24.3 Å². The van der Waals surface area contributed by atoms with Gasteiger partial charge in [0.05, 0.1) is 0 Å². The normalized spacial score (nSPS) is 9.71. The average molecular weight is 326 g/mol. The van der Waals surface area contributed by atoms with Gasteiger partial charge in [0.25, 0.3) is 6.47 Å². The molecule has 0 aliphatic heterocycles. The highest BCUT2D eigenvalue weighted by Gasteiger charge is 1.93. The average Bonchev–Trinajstić information content (AvgIpc) is 2.64. The molecule has 2 aromatic rings. The lowest BCUT2D eigenvalue weighted by Crippen LogP contribution is -1.85. The summed E-state index contributed by atoms with van der Waals surface area (Å²) in [6.07, 6.45) is 11.1. The van der Waals surface area contributed by atoms with Gasteiger partial charge in [-0.25, -0.2) is 0 Å². The fraction of sp³-hybridized carbons (Fsp3) is 0.409. The first kappa shape index (κ1) is 20.0. The van der Waals surface area contributed by atoms with E-state index in [-0.39, 0.29) is 0 Å². The van der Waals surface area contributed by atoms with E-state index in [1.807, 2.05) is 6.07 Å². The molecule has 0 aromatic heterocycles. The van der Waals surface area contributed by atoms with Gasteiger partial charge in [0, 0.05) is 0 Å². The lowest BCUT2D eigenvalue weighted by atomic mass is 10.0. The quantitative estimate of drug-likeness (QED) is 0.384. The minimum atomic E-state index is 0.412. The second-order valence-corrected chi connectivity index (χ2v) is 5.88. The predicted molar refractivity (Wildman–Crippen MR) is 101 cm³/mol. The van der Waals surface area contributed by atoms with E-state index in [1.165, 1.54) is 56.9 Å². The highest BCUT2D eigenvalue weighted by Crippen LogP contribution is 2.10. The van der Waals surface area contributed by atoms with E-state index in [0.29, 0.717) is 12.2 Å². The van der Waals surface area contributed by atoms with Gasteiger partial charge < -0.3 is 4.74 Å². The van der Waals surface area contributed by atoms with Crippen molar-refractivity contribution in [3.05, 3.63) is 66.2 Å². The summed E-state index contributed by atoms with van der Waals surface area (Å²) in [5.74, 6) is 0.576. The van der Waals surface area contributed by atoms with E-state index in [4.69, 9.17) is 0 Å². The smallest absolute Gasteiger partial charge is 0.298 e. The molecule has 0 spiro atoms. The molecule has 0 bridgehead atoms. The van der Waals surface area contributed by atoms with Crippen LogP contribution < -0.4 is 4.74 Å². The highest BCUT2D eigenvalue weighted by atomic mass is 16.5. The maximum absolute atomic E-state index is 9.75. The number of ether oxygens (including phenoxy) is 1. The lowest BCUT2D eigenvalue weighted by Gasteiger charge is -2.01. The lowest BCUT2D eigenvalue weighted by molar-refractivity contribution is -0.120. The Hall–Kier alpha value is -2.09. The number of para-hydroxylation sites is 1. The van der Waals surface area contributed by atoms with Gasteiger partial charge >= 0.3 is 0 Å². The SMILES string of the molecule is CCCCCCCCCc1ccccc1.O=COc1ccccc1. The molecule has 2 rings (SSSR count). The third kappa shape index (κ3) is 10.6. The first-order valence-corrected chi connectivity index (χ1v) is 9.06. The zero-order chi connectivity index (χ0) is 17.3. The Bertz CT molecular complexity index is 508. The van der Waals surface area contributed by atoms with Crippen LogP contribution in [0.4, 0.5) is 0 Å². The van der Waals surface area contributed by atoms with Gasteiger partial charge in [0.2, 0.25) is 0 Å². The fourth-order valence-electron chi connectivity index (χ4n) is 2.49. The van der Waals surface area contributed by atoms with Crippen LogP contribution in [-0.4, -0.2) is 6.47 Å². The van der Waals surface area contributed by atoms with Crippen LogP contribution >= 0.6 is 0 Å². The fourth-order valence-corrected chi connectivity index (χ4v) is 2.49. The topological polar surface area (TPSA) is 26.3 Å². The monoisotopic (exact) mass is 326 g/mol. The Morgan fingerprint density at radius 2 is 1.29 bits per heavy atom. The summed E-state index contributed by atoms with van der Waals surface area (Å²) in [5, 5.41) is 0. The first-order chi connectivity index (χ1) is 11.9. The van der Waals surface area contributed by atoms with Crippen molar-refractivity contribution < 1.29 is 9.53 Å². The molecule has 0 fully saturated rings. The maximum Gasteiger partial charge on any atom is 0.298 e. The molecule has 0 radical (unpaired) electrons. The molecule has 0 aliphatic rings. The summed E-state index contributed by atoms with van der Waals surface area (Å²) >= 11 is 0. The third-order valence-electron chi connectivity index (χ3n) is 3.84. The van der Waals surface area contributed by atoms with Crippen molar-refractivity contribution in [1.82, 2.24) is 0 Å². The molecule has 24 heavy (non-hydrogen) atoms. The van der Waals surface area contributed by atoms with Gasteiger partial charge in [-0.2, -0.15) is 0 Å².